The number of halogens is 1. The van der Waals surface area contributed by atoms with Crippen LogP contribution in [0.2, 0.25) is 5.02 Å². The predicted molar refractivity (Wildman–Crippen MR) is 134 cm³/mol. The molecule has 6 rings (SSSR count). The highest BCUT2D eigenvalue weighted by Gasteiger charge is 2.31. The fourth-order valence-corrected chi connectivity index (χ4v) is 5.90. The zero-order valence-corrected chi connectivity index (χ0v) is 19.8. The lowest BCUT2D eigenvalue weighted by atomic mass is 10.1. The number of hydrogen-bond donors (Lipinski definition) is 1. The third-order valence-electron chi connectivity index (χ3n) is 5.61. The van der Waals surface area contributed by atoms with Crippen molar-refractivity contribution in [1.29, 1.82) is 0 Å². The number of rotatable bonds is 6. The maximum atomic E-state index is 13.0. The Bertz CT molecular complexity index is 1520. The Morgan fingerprint density at radius 3 is 2.64 bits per heavy atom. The molecule has 1 aliphatic carbocycles. The molecule has 2 aromatic carbocycles. The van der Waals surface area contributed by atoms with Gasteiger partial charge in [-0.05, 0) is 31.0 Å². The fraction of sp³-hybridized carbons (Fsp3) is 0.167. The second-order valence-electron chi connectivity index (χ2n) is 7.90. The molecule has 0 saturated heterocycles. The number of thiophene rings is 1. The topological polar surface area (TPSA) is 76.5 Å². The smallest absolute Gasteiger partial charge is 0.260 e. The van der Waals surface area contributed by atoms with E-state index in [4.69, 9.17) is 16.6 Å². The van der Waals surface area contributed by atoms with Crippen LogP contribution in [0.15, 0.2) is 69.9 Å². The van der Waals surface area contributed by atoms with Gasteiger partial charge in [-0.2, -0.15) is 0 Å². The summed E-state index contributed by atoms with van der Waals surface area (Å²) >= 11 is 9.34. The van der Waals surface area contributed by atoms with Crippen molar-refractivity contribution >= 4 is 44.9 Å². The van der Waals surface area contributed by atoms with E-state index in [1.54, 1.807) is 0 Å². The summed E-state index contributed by atoms with van der Waals surface area (Å²) in [5.74, 6) is 2.57. The van der Waals surface area contributed by atoms with Crippen molar-refractivity contribution in [3.05, 3.63) is 87.0 Å². The minimum Gasteiger partial charge on any atom is -0.309 e. The molecule has 1 fully saturated rings. The summed E-state index contributed by atoms with van der Waals surface area (Å²) in [5, 5.41) is 12.9. The highest BCUT2D eigenvalue weighted by Crippen LogP contribution is 2.41. The van der Waals surface area contributed by atoms with Gasteiger partial charge in [-0.1, -0.05) is 59.8 Å². The molecule has 0 radical (unpaired) electrons. The largest absolute Gasteiger partial charge is 0.309 e. The van der Waals surface area contributed by atoms with Gasteiger partial charge in [-0.3, -0.25) is 9.36 Å². The first-order valence-electron chi connectivity index (χ1n) is 10.6. The molecule has 33 heavy (non-hydrogen) atoms. The zero-order chi connectivity index (χ0) is 22.4. The standard InChI is InChI=1S/C24H18ClN5OS2/c25-18-9-5-4-8-16(18)17-12-32-23-20(17)22(31)26-19(27-23)13-33-24-29-28-21(14-10-11-14)30(24)15-6-2-1-3-7-15/h1-9,12,14H,10-11,13H2,(H,26,27,31). The third kappa shape index (κ3) is 3.88. The predicted octanol–water partition coefficient (Wildman–Crippen LogP) is 6.06. The van der Waals surface area contributed by atoms with Gasteiger partial charge in [-0.15, -0.1) is 21.5 Å². The lowest BCUT2D eigenvalue weighted by molar-refractivity contribution is 0.828. The lowest BCUT2D eigenvalue weighted by Gasteiger charge is -2.09. The number of nitrogens with zero attached hydrogens (tertiary/aromatic N) is 4. The summed E-state index contributed by atoms with van der Waals surface area (Å²) in [6.07, 6.45) is 2.29. The maximum absolute atomic E-state index is 13.0. The number of H-pyrrole nitrogens is 1. The molecule has 3 aromatic heterocycles. The van der Waals surface area contributed by atoms with E-state index in [-0.39, 0.29) is 5.56 Å². The van der Waals surface area contributed by atoms with Gasteiger partial charge in [0, 0.05) is 33.1 Å². The Hall–Kier alpha value is -2.94. The van der Waals surface area contributed by atoms with Crippen LogP contribution < -0.4 is 5.56 Å². The molecule has 6 nitrogen and oxygen atoms in total. The minimum absolute atomic E-state index is 0.157. The first kappa shape index (κ1) is 20.7. The van der Waals surface area contributed by atoms with Crippen LogP contribution >= 0.6 is 34.7 Å². The van der Waals surface area contributed by atoms with Crippen molar-refractivity contribution in [3.63, 3.8) is 0 Å². The Kier molecular flexibility index (Phi) is 5.28. The van der Waals surface area contributed by atoms with E-state index in [1.165, 1.54) is 23.1 Å². The third-order valence-corrected chi connectivity index (χ3v) is 7.75. The van der Waals surface area contributed by atoms with E-state index >= 15 is 0 Å². The van der Waals surface area contributed by atoms with Crippen LogP contribution in [-0.4, -0.2) is 24.7 Å². The van der Waals surface area contributed by atoms with Crippen molar-refractivity contribution < 1.29 is 0 Å². The number of fused-ring (bicyclic) bond motifs is 1. The molecule has 5 aromatic rings. The van der Waals surface area contributed by atoms with Crippen LogP contribution in [0.3, 0.4) is 0 Å². The molecule has 1 saturated carbocycles. The molecular weight excluding hydrogens is 474 g/mol. The van der Waals surface area contributed by atoms with Crippen molar-refractivity contribution in [2.75, 3.05) is 0 Å². The SMILES string of the molecule is O=c1[nH]c(CSc2nnc(C3CC3)n2-c2ccccc2)nc2scc(-c3ccccc3Cl)c12. The van der Waals surface area contributed by atoms with Crippen molar-refractivity contribution in [2.45, 2.75) is 29.7 Å². The van der Waals surface area contributed by atoms with Crippen LogP contribution in [0, 0.1) is 0 Å². The van der Waals surface area contributed by atoms with Gasteiger partial charge in [0.1, 0.15) is 16.5 Å². The van der Waals surface area contributed by atoms with E-state index in [9.17, 15) is 4.79 Å². The number of nitrogens with one attached hydrogen (secondary N) is 1. The highest BCUT2D eigenvalue weighted by atomic mass is 35.5. The molecule has 1 aliphatic rings. The molecule has 0 unspecified atom stereocenters. The molecule has 3 heterocycles. The Balaban J connectivity index is 1.32. The molecule has 0 aliphatic heterocycles. The summed E-state index contributed by atoms with van der Waals surface area (Å²) in [4.78, 5) is 21.4. The first-order valence-corrected chi connectivity index (χ1v) is 12.8. The fourth-order valence-electron chi connectivity index (χ4n) is 3.87. The maximum Gasteiger partial charge on any atom is 0.260 e. The Labute approximate surface area is 202 Å². The monoisotopic (exact) mass is 491 g/mol. The van der Waals surface area contributed by atoms with Crippen LogP contribution in [-0.2, 0) is 5.75 Å². The summed E-state index contributed by atoms with van der Waals surface area (Å²) in [6.45, 7) is 0. The van der Waals surface area contributed by atoms with Gasteiger partial charge < -0.3 is 4.98 Å². The molecule has 9 heteroatoms. The molecule has 1 N–H and O–H groups in total. The molecule has 0 spiro atoms. The number of hydrogen-bond acceptors (Lipinski definition) is 6. The summed E-state index contributed by atoms with van der Waals surface area (Å²) in [5.41, 5.74) is 2.54. The van der Waals surface area contributed by atoms with Crippen LogP contribution in [0.1, 0.15) is 30.4 Å². The summed E-state index contributed by atoms with van der Waals surface area (Å²) < 4.78 is 2.12. The highest BCUT2D eigenvalue weighted by molar-refractivity contribution is 7.98. The average Bonchev–Trinajstić information content (AvgIpc) is 3.44. The Morgan fingerprint density at radius 1 is 1.06 bits per heavy atom. The summed E-state index contributed by atoms with van der Waals surface area (Å²) in [7, 11) is 0. The van der Waals surface area contributed by atoms with Gasteiger partial charge in [0.2, 0.25) is 0 Å². The number of aromatic amines is 1. The van der Waals surface area contributed by atoms with E-state index in [1.807, 2.05) is 47.8 Å². The van der Waals surface area contributed by atoms with Crippen LogP contribution in [0.4, 0.5) is 0 Å². The molecular formula is C24H18ClN5OS2. The lowest BCUT2D eigenvalue weighted by Crippen LogP contribution is -2.11. The second kappa shape index (κ2) is 8.44. The number of aromatic nitrogens is 5. The van der Waals surface area contributed by atoms with E-state index in [0.29, 0.717) is 32.7 Å². The summed E-state index contributed by atoms with van der Waals surface area (Å²) in [6, 6.07) is 17.7. The van der Waals surface area contributed by atoms with E-state index < -0.39 is 0 Å². The van der Waals surface area contributed by atoms with E-state index in [2.05, 4.69) is 31.9 Å². The van der Waals surface area contributed by atoms with Gasteiger partial charge in [0.15, 0.2) is 5.16 Å². The number of benzene rings is 2. The van der Waals surface area contributed by atoms with Gasteiger partial charge in [0.25, 0.3) is 5.56 Å². The quantitative estimate of drug-likeness (QED) is 0.292. The van der Waals surface area contributed by atoms with Gasteiger partial charge >= 0.3 is 0 Å². The zero-order valence-electron chi connectivity index (χ0n) is 17.4. The minimum atomic E-state index is -0.157. The molecule has 0 amide bonds. The van der Waals surface area contributed by atoms with Crippen LogP contribution in [0.5, 0.6) is 0 Å². The van der Waals surface area contributed by atoms with Crippen molar-refractivity contribution in [1.82, 2.24) is 24.7 Å². The second-order valence-corrected chi connectivity index (χ2v) is 10.1. The molecule has 0 atom stereocenters. The van der Waals surface area contributed by atoms with Crippen LogP contribution in [0.25, 0.3) is 27.0 Å². The van der Waals surface area contributed by atoms with Crippen molar-refractivity contribution in [3.8, 4) is 16.8 Å². The molecule has 164 valence electrons. The van der Waals surface area contributed by atoms with Gasteiger partial charge in [0.05, 0.1) is 11.1 Å². The average molecular weight is 492 g/mol. The number of para-hydroxylation sites is 1. The Morgan fingerprint density at radius 2 is 1.85 bits per heavy atom. The normalized spacial score (nSPS) is 13.6. The molecule has 0 bridgehead atoms. The van der Waals surface area contributed by atoms with Crippen molar-refractivity contribution in [2.24, 2.45) is 0 Å². The number of thioether (sulfide) groups is 1. The first-order chi connectivity index (χ1) is 16.2. The van der Waals surface area contributed by atoms with Gasteiger partial charge in [-0.25, -0.2) is 4.98 Å². The van der Waals surface area contributed by atoms with E-state index in [0.717, 1.165) is 40.6 Å².